The van der Waals surface area contributed by atoms with E-state index >= 15 is 0 Å². The summed E-state index contributed by atoms with van der Waals surface area (Å²) in [4.78, 5) is 16.3. The number of rotatable bonds is 6. The average molecular weight is 316 g/mol. The van der Waals surface area contributed by atoms with Crippen molar-refractivity contribution in [2.45, 2.75) is 17.1 Å². The van der Waals surface area contributed by atoms with E-state index in [-0.39, 0.29) is 5.91 Å². The third-order valence-corrected chi connectivity index (χ3v) is 5.15. The maximum Gasteiger partial charge on any atom is 0.254 e. The molecule has 0 fully saturated rings. The third-order valence-electron chi connectivity index (χ3n) is 2.97. The molecule has 0 aliphatic carbocycles. The fourth-order valence-electron chi connectivity index (χ4n) is 1.84. The first-order chi connectivity index (χ1) is 10.2. The Hall–Kier alpha value is -1.77. The quantitative estimate of drug-likeness (QED) is 0.756. The van der Waals surface area contributed by atoms with Crippen molar-refractivity contribution in [2.24, 2.45) is 0 Å². The first-order valence-corrected chi connectivity index (χ1v) is 8.45. The van der Waals surface area contributed by atoms with Crippen molar-refractivity contribution in [3.63, 3.8) is 0 Å². The number of carbonyl (C=O) groups excluding carboxylic acids is 1. The largest absolute Gasteiger partial charge is 0.341 e. The number of hydrogen-bond acceptors (Lipinski definition) is 4. The summed E-state index contributed by atoms with van der Waals surface area (Å²) in [5.74, 6) is 0.837. The summed E-state index contributed by atoms with van der Waals surface area (Å²) in [6.07, 6.45) is 0.354. The Kier molecular flexibility index (Phi) is 5.85. The van der Waals surface area contributed by atoms with Gasteiger partial charge in [0.1, 0.15) is 0 Å². The van der Waals surface area contributed by atoms with E-state index in [0.29, 0.717) is 18.5 Å². The Balaban J connectivity index is 2.09. The van der Waals surface area contributed by atoms with Crippen LogP contribution in [-0.4, -0.2) is 24.4 Å². The first-order valence-electron chi connectivity index (χ1n) is 6.59. The van der Waals surface area contributed by atoms with Crippen molar-refractivity contribution in [3.8, 4) is 6.07 Å². The second-order valence-electron chi connectivity index (χ2n) is 4.50. The second-order valence-corrected chi connectivity index (χ2v) is 6.55. The highest BCUT2D eigenvalue weighted by Gasteiger charge is 2.15. The fraction of sp³-hybridized carbons (Fsp3) is 0.250. The SMILES string of the molecule is CN(CCC#N)C(=O)c1ccccc1SCc1cccs1. The van der Waals surface area contributed by atoms with Crippen LogP contribution in [0.1, 0.15) is 21.7 Å². The van der Waals surface area contributed by atoms with Crippen molar-refractivity contribution in [2.75, 3.05) is 13.6 Å². The molecule has 0 aliphatic heterocycles. The molecule has 0 radical (unpaired) electrons. The van der Waals surface area contributed by atoms with Gasteiger partial charge < -0.3 is 4.90 Å². The summed E-state index contributed by atoms with van der Waals surface area (Å²) in [6, 6.07) is 13.8. The molecule has 0 unspecified atom stereocenters. The molecule has 0 atom stereocenters. The van der Waals surface area contributed by atoms with Crippen LogP contribution in [0.5, 0.6) is 0 Å². The van der Waals surface area contributed by atoms with Crippen LogP contribution in [0.4, 0.5) is 0 Å². The van der Waals surface area contributed by atoms with E-state index in [4.69, 9.17) is 5.26 Å². The lowest BCUT2D eigenvalue weighted by atomic mass is 10.2. The standard InChI is InChI=1S/C16H16N2OS2/c1-18(10-5-9-17)16(19)14-7-2-3-8-15(14)21-12-13-6-4-11-20-13/h2-4,6-8,11H,5,10,12H2,1H3. The highest BCUT2D eigenvalue weighted by molar-refractivity contribution is 7.98. The molecule has 0 saturated heterocycles. The van der Waals surface area contributed by atoms with Gasteiger partial charge in [0.25, 0.3) is 5.91 Å². The number of nitriles is 1. The zero-order chi connectivity index (χ0) is 15.1. The molecule has 0 saturated carbocycles. The van der Waals surface area contributed by atoms with Crippen LogP contribution in [0.15, 0.2) is 46.7 Å². The summed E-state index contributed by atoms with van der Waals surface area (Å²) in [5, 5.41) is 10.7. The zero-order valence-electron chi connectivity index (χ0n) is 11.8. The molecule has 0 spiro atoms. The van der Waals surface area contributed by atoms with E-state index in [2.05, 4.69) is 17.5 Å². The molecule has 0 aliphatic rings. The number of thioether (sulfide) groups is 1. The summed E-state index contributed by atoms with van der Waals surface area (Å²) >= 11 is 3.39. The van der Waals surface area contributed by atoms with Crippen LogP contribution in [0.25, 0.3) is 0 Å². The lowest BCUT2D eigenvalue weighted by Crippen LogP contribution is -2.27. The van der Waals surface area contributed by atoms with E-state index in [1.165, 1.54) is 4.88 Å². The number of nitrogens with zero attached hydrogens (tertiary/aromatic N) is 2. The molecule has 3 nitrogen and oxygen atoms in total. The minimum absolute atomic E-state index is 0.0282. The maximum absolute atomic E-state index is 12.4. The zero-order valence-corrected chi connectivity index (χ0v) is 13.4. The summed E-state index contributed by atoms with van der Waals surface area (Å²) in [7, 11) is 1.74. The van der Waals surface area contributed by atoms with Crippen molar-refractivity contribution in [1.82, 2.24) is 4.90 Å². The molecular weight excluding hydrogens is 300 g/mol. The van der Waals surface area contributed by atoms with Gasteiger partial charge >= 0.3 is 0 Å². The van der Waals surface area contributed by atoms with E-state index < -0.39 is 0 Å². The Bertz CT molecular complexity index is 632. The predicted molar refractivity (Wildman–Crippen MR) is 87.5 cm³/mol. The van der Waals surface area contributed by atoms with Gasteiger partial charge in [0, 0.05) is 29.1 Å². The van der Waals surface area contributed by atoms with E-state index in [9.17, 15) is 4.79 Å². The second kappa shape index (κ2) is 7.87. The Morgan fingerprint density at radius 3 is 2.86 bits per heavy atom. The van der Waals surface area contributed by atoms with Crippen molar-refractivity contribution in [1.29, 1.82) is 5.26 Å². The monoisotopic (exact) mass is 316 g/mol. The fourth-order valence-corrected chi connectivity index (χ4v) is 3.66. The molecular formula is C16H16N2OS2. The lowest BCUT2D eigenvalue weighted by molar-refractivity contribution is 0.0794. The highest BCUT2D eigenvalue weighted by Crippen LogP contribution is 2.28. The molecule has 1 aromatic carbocycles. The van der Waals surface area contributed by atoms with Crippen molar-refractivity contribution in [3.05, 3.63) is 52.2 Å². The van der Waals surface area contributed by atoms with Gasteiger partial charge in [0.05, 0.1) is 18.1 Å². The van der Waals surface area contributed by atoms with Gasteiger partial charge in [-0.2, -0.15) is 5.26 Å². The maximum atomic E-state index is 12.4. The molecule has 1 amide bonds. The molecule has 0 bridgehead atoms. The summed E-state index contributed by atoms with van der Waals surface area (Å²) in [5.41, 5.74) is 0.708. The number of hydrogen-bond donors (Lipinski definition) is 0. The lowest BCUT2D eigenvalue weighted by Gasteiger charge is -2.17. The van der Waals surface area contributed by atoms with Crippen molar-refractivity contribution >= 4 is 29.0 Å². The van der Waals surface area contributed by atoms with Crippen LogP contribution >= 0.6 is 23.1 Å². The van der Waals surface area contributed by atoms with Gasteiger partial charge in [0.15, 0.2) is 0 Å². The third kappa shape index (κ3) is 4.35. The minimum atomic E-state index is -0.0282. The molecule has 108 valence electrons. The molecule has 5 heteroatoms. The van der Waals surface area contributed by atoms with Crippen LogP contribution in [0.3, 0.4) is 0 Å². The van der Waals surface area contributed by atoms with Gasteiger partial charge in [-0.15, -0.1) is 23.1 Å². The molecule has 1 heterocycles. The van der Waals surface area contributed by atoms with Gasteiger partial charge in [-0.25, -0.2) is 0 Å². The Morgan fingerprint density at radius 1 is 1.33 bits per heavy atom. The van der Waals surface area contributed by atoms with Crippen LogP contribution in [0.2, 0.25) is 0 Å². The number of carbonyl (C=O) groups is 1. The number of thiophene rings is 1. The van der Waals surface area contributed by atoms with Gasteiger partial charge in [-0.1, -0.05) is 18.2 Å². The molecule has 2 aromatic rings. The van der Waals surface area contributed by atoms with Gasteiger partial charge in [-0.05, 0) is 23.6 Å². The van der Waals surface area contributed by atoms with E-state index in [0.717, 1.165) is 10.6 Å². The smallest absolute Gasteiger partial charge is 0.254 e. The topological polar surface area (TPSA) is 44.1 Å². The highest BCUT2D eigenvalue weighted by atomic mass is 32.2. The Morgan fingerprint density at radius 2 is 2.14 bits per heavy atom. The average Bonchev–Trinajstić information content (AvgIpc) is 3.03. The van der Waals surface area contributed by atoms with E-state index in [1.807, 2.05) is 30.3 Å². The van der Waals surface area contributed by atoms with Gasteiger partial charge in [-0.3, -0.25) is 4.79 Å². The number of benzene rings is 1. The molecule has 21 heavy (non-hydrogen) atoms. The molecule has 2 rings (SSSR count). The predicted octanol–water partition coefficient (Wildman–Crippen LogP) is 4.03. The first kappa shape index (κ1) is 15.6. The summed E-state index contributed by atoms with van der Waals surface area (Å²) in [6.45, 7) is 0.458. The normalized spacial score (nSPS) is 10.1. The molecule has 0 N–H and O–H groups in total. The van der Waals surface area contributed by atoms with Crippen LogP contribution in [0, 0.1) is 11.3 Å². The minimum Gasteiger partial charge on any atom is -0.341 e. The molecule has 1 aromatic heterocycles. The Labute approximate surface area is 133 Å². The summed E-state index contributed by atoms with van der Waals surface area (Å²) < 4.78 is 0. The van der Waals surface area contributed by atoms with E-state index in [1.54, 1.807) is 35.0 Å². The van der Waals surface area contributed by atoms with Crippen molar-refractivity contribution < 1.29 is 4.79 Å². The van der Waals surface area contributed by atoms with Crippen LogP contribution < -0.4 is 0 Å². The van der Waals surface area contributed by atoms with Gasteiger partial charge in [0.2, 0.25) is 0 Å². The van der Waals surface area contributed by atoms with Crippen LogP contribution in [-0.2, 0) is 5.75 Å². The number of amides is 1.